The molecule has 0 saturated carbocycles. The van der Waals surface area contributed by atoms with Crippen molar-refractivity contribution in [3.05, 3.63) is 200 Å². The maximum atomic E-state index is 6.28. The summed E-state index contributed by atoms with van der Waals surface area (Å²) in [6, 6.07) is 72.3. The molecule has 9 aromatic carbocycles. The maximum absolute atomic E-state index is 6.28. The fourth-order valence-corrected chi connectivity index (χ4v) is 9.54. The van der Waals surface area contributed by atoms with Crippen molar-refractivity contribution in [1.29, 1.82) is 0 Å². The SMILES string of the molecule is c1ccc(-c2ccc(N(c3ccc(-c4ccccc4)c4ccccc34)c3cccc4c3sc3ccccc34)cc2-c2ccc3oc4ccccc4c3c2)cc1. The Balaban J connectivity index is 1.20. The summed E-state index contributed by atoms with van der Waals surface area (Å²) < 4.78 is 8.83. The van der Waals surface area contributed by atoms with Crippen LogP contribution in [0.3, 0.4) is 0 Å². The van der Waals surface area contributed by atoms with E-state index in [1.54, 1.807) is 0 Å². The van der Waals surface area contributed by atoms with Crippen LogP contribution in [0.4, 0.5) is 17.1 Å². The lowest BCUT2D eigenvalue weighted by atomic mass is 9.92. The number of para-hydroxylation sites is 1. The van der Waals surface area contributed by atoms with Crippen LogP contribution in [0.5, 0.6) is 0 Å². The number of benzene rings is 9. The summed E-state index contributed by atoms with van der Waals surface area (Å²) >= 11 is 1.86. The summed E-state index contributed by atoms with van der Waals surface area (Å²) in [5.74, 6) is 0. The zero-order chi connectivity index (χ0) is 36.3. The van der Waals surface area contributed by atoms with Gasteiger partial charge in [0.2, 0.25) is 0 Å². The highest BCUT2D eigenvalue weighted by Gasteiger charge is 2.23. The van der Waals surface area contributed by atoms with Crippen LogP contribution in [-0.2, 0) is 0 Å². The zero-order valence-electron chi connectivity index (χ0n) is 29.8. The lowest BCUT2D eigenvalue weighted by Gasteiger charge is -2.29. The second kappa shape index (κ2) is 12.9. The fraction of sp³-hybridized carbons (Fsp3) is 0. The average Bonchev–Trinajstić information content (AvgIpc) is 3.83. The molecule has 11 aromatic rings. The molecular formula is C52H33NOS. The minimum Gasteiger partial charge on any atom is -0.456 e. The molecule has 0 bridgehead atoms. The quantitative estimate of drug-likeness (QED) is 0.170. The first-order valence-corrected chi connectivity index (χ1v) is 19.5. The van der Waals surface area contributed by atoms with Gasteiger partial charge in [-0.25, -0.2) is 0 Å². The van der Waals surface area contributed by atoms with E-state index in [2.05, 4.69) is 193 Å². The predicted octanol–water partition coefficient (Wildman–Crippen LogP) is 15.6. The standard InChI is InChI=1S/C52H33NOS/c1-3-14-34(15-4-1)38-29-30-47(41-19-8-7-18-40(38)41)53(48-23-13-22-44-43-21-10-12-25-51(43)55-52(44)48)37-27-28-39(35-16-5-2-6-17-35)45(33-37)36-26-31-50-46(32-36)42-20-9-11-24-49(42)54-50/h1-33H. The normalized spacial score (nSPS) is 11.6. The summed E-state index contributed by atoms with van der Waals surface area (Å²) in [7, 11) is 0. The summed E-state index contributed by atoms with van der Waals surface area (Å²) in [5.41, 5.74) is 12.3. The van der Waals surface area contributed by atoms with Crippen LogP contribution in [-0.4, -0.2) is 0 Å². The van der Waals surface area contributed by atoms with Gasteiger partial charge in [-0.15, -0.1) is 11.3 Å². The molecule has 0 amide bonds. The molecule has 0 atom stereocenters. The smallest absolute Gasteiger partial charge is 0.135 e. The number of fused-ring (bicyclic) bond motifs is 7. The van der Waals surface area contributed by atoms with E-state index in [0.717, 1.165) is 50.1 Å². The lowest BCUT2D eigenvalue weighted by Crippen LogP contribution is -2.11. The number of nitrogens with zero attached hydrogens (tertiary/aromatic N) is 1. The molecule has 0 fully saturated rings. The van der Waals surface area contributed by atoms with Crippen LogP contribution < -0.4 is 4.90 Å². The van der Waals surface area contributed by atoms with Crippen LogP contribution in [0.15, 0.2) is 205 Å². The molecule has 3 heteroatoms. The van der Waals surface area contributed by atoms with Crippen molar-refractivity contribution in [1.82, 2.24) is 0 Å². The third-order valence-electron chi connectivity index (χ3n) is 10.9. The van der Waals surface area contributed by atoms with Crippen LogP contribution in [0.2, 0.25) is 0 Å². The van der Waals surface area contributed by atoms with Gasteiger partial charge in [-0.2, -0.15) is 0 Å². The van der Waals surface area contributed by atoms with Crippen LogP contribution in [0, 0.1) is 0 Å². The lowest BCUT2D eigenvalue weighted by molar-refractivity contribution is 0.669. The van der Waals surface area contributed by atoms with Gasteiger partial charge in [-0.1, -0.05) is 152 Å². The molecule has 0 aliphatic rings. The Bertz CT molecular complexity index is 3210. The van der Waals surface area contributed by atoms with Crippen LogP contribution in [0.25, 0.3) is 86.3 Å². The van der Waals surface area contributed by atoms with E-state index in [1.165, 1.54) is 53.2 Å². The van der Waals surface area contributed by atoms with E-state index < -0.39 is 0 Å². The molecule has 0 aliphatic heterocycles. The van der Waals surface area contributed by atoms with Gasteiger partial charge in [0, 0.05) is 37.3 Å². The number of anilines is 3. The number of hydrogen-bond donors (Lipinski definition) is 0. The Hall–Kier alpha value is -6.94. The van der Waals surface area contributed by atoms with Crippen molar-refractivity contribution >= 4 is 81.3 Å². The van der Waals surface area contributed by atoms with Gasteiger partial charge in [0.05, 0.1) is 16.1 Å². The first-order chi connectivity index (χ1) is 27.3. The van der Waals surface area contributed by atoms with Gasteiger partial charge in [0.25, 0.3) is 0 Å². The van der Waals surface area contributed by atoms with Crippen molar-refractivity contribution < 1.29 is 4.42 Å². The third kappa shape index (κ3) is 5.24. The summed E-state index contributed by atoms with van der Waals surface area (Å²) in [4.78, 5) is 2.48. The van der Waals surface area contributed by atoms with Crippen molar-refractivity contribution in [2.75, 3.05) is 4.90 Å². The Morgan fingerprint density at radius 2 is 0.982 bits per heavy atom. The number of hydrogen-bond acceptors (Lipinski definition) is 3. The second-order valence-electron chi connectivity index (χ2n) is 14.0. The van der Waals surface area contributed by atoms with Crippen LogP contribution in [0.1, 0.15) is 0 Å². The minimum atomic E-state index is 0.894. The summed E-state index contributed by atoms with van der Waals surface area (Å²) in [6.07, 6.45) is 0. The molecule has 0 saturated heterocycles. The maximum Gasteiger partial charge on any atom is 0.135 e. The third-order valence-corrected chi connectivity index (χ3v) is 12.1. The molecule has 0 N–H and O–H groups in total. The van der Waals surface area contributed by atoms with Crippen molar-refractivity contribution in [3.8, 4) is 33.4 Å². The highest BCUT2D eigenvalue weighted by atomic mass is 32.1. The topological polar surface area (TPSA) is 16.4 Å². The molecule has 258 valence electrons. The number of rotatable bonds is 6. The Morgan fingerprint density at radius 3 is 1.80 bits per heavy atom. The highest BCUT2D eigenvalue weighted by molar-refractivity contribution is 7.26. The molecule has 2 heterocycles. The first-order valence-electron chi connectivity index (χ1n) is 18.7. The van der Waals surface area contributed by atoms with E-state index in [1.807, 2.05) is 23.5 Å². The molecule has 0 spiro atoms. The van der Waals surface area contributed by atoms with Gasteiger partial charge < -0.3 is 9.32 Å². The predicted molar refractivity (Wildman–Crippen MR) is 235 cm³/mol. The molecule has 2 nitrogen and oxygen atoms in total. The Morgan fingerprint density at radius 1 is 0.345 bits per heavy atom. The Labute approximate surface area is 322 Å². The van der Waals surface area contributed by atoms with Crippen molar-refractivity contribution in [2.45, 2.75) is 0 Å². The van der Waals surface area contributed by atoms with E-state index in [0.29, 0.717) is 0 Å². The zero-order valence-corrected chi connectivity index (χ0v) is 30.6. The summed E-state index contributed by atoms with van der Waals surface area (Å²) in [6.45, 7) is 0. The average molecular weight is 720 g/mol. The Kier molecular flexibility index (Phi) is 7.39. The van der Waals surface area contributed by atoms with Gasteiger partial charge in [0.15, 0.2) is 0 Å². The molecule has 2 aromatic heterocycles. The van der Waals surface area contributed by atoms with Gasteiger partial charge >= 0.3 is 0 Å². The fourth-order valence-electron chi connectivity index (χ4n) is 8.34. The van der Waals surface area contributed by atoms with E-state index in [9.17, 15) is 0 Å². The second-order valence-corrected chi connectivity index (χ2v) is 15.1. The molecule has 55 heavy (non-hydrogen) atoms. The molecule has 11 rings (SSSR count). The van der Waals surface area contributed by atoms with E-state index in [4.69, 9.17) is 4.42 Å². The number of furan rings is 1. The minimum absolute atomic E-state index is 0.894. The first kappa shape index (κ1) is 31.6. The molecular weight excluding hydrogens is 687 g/mol. The van der Waals surface area contributed by atoms with Crippen molar-refractivity contribution in [3.63, 3.8) is 0 Å². The highest BCUT2D eigenvalue weighted by Crippen LogP contribution is 2.49. The number of thiophene rings is 1. The molecule has 0 radical (unpaired) electrons. The van der Waals surface area contributed by atoms with Crippen LogP contribution >= 0.6 is 11.3 Å². The van der Waals surface area contributed by atoms with E-state index in [-0.39, 0.29) is 0 Å². The molecule has 0 aliphatic carbocycles. The van der Waals surface area contributed by atoms with Gasteiger partial charge in [-0.05, 0) is 87.3 Å². The largest absolute Gasteiger partial charge is 0.456 e. The van der Waals surface area contributed by atoms with E-state index >= 15 is 0 Å². The summed E-state index contributed by atoms with van der Waals surface area (Å²) in [5, 5.41) is 7.22. The van der Waals surface area contributed by atoms with Gasteiger partial charge in [-0.3, -0.25) is 0 Å². The van der Waals surface area contributed by atoms with Gasteiger partial charge in [0.1, 0.15) is 11.2 Å². The monoisotopic (exact) mass is 719 g/mol. The molecule has 0 unspecified atom stereocenters. The van der Waals surface area contributed by atoms with Crippen molar-refractivity contribution in [2.24, 2.45) is 0 Å².